The third kappa shape index (κ3) is 2.12. The molecular weight excluding hydrogens is 196 g/mol. The third-order valence-electron chi connectivity index (χ3n) is 1.87. The molecule has 0 fully saturated rings. The van der Waals surface area contributed by atoms with Crippen molar-refractivity contribution in [3.8, 4) is 11.4 Å². The maximum Gasteiger partial charge on any atom is 0.117 e. The molecular formula is C9H10N4O2. The summed E-state index contributed by atoms with van der Waals surface area (Å²) in [7, 11) is 0. The zero-order chi connectivity index (χ0) is 10.7. The number of nitrogens with two attached hydrogens (primary N) is 1. The van der Waals surface area contributed by atoms with E-state index in [1.165, 1.54) is 4.68 Å². The van der Waals surface area contributed by atoms with Gasteiger partial charge in [0, 0.05) is 6.07 Å². The third-order valence-corrected chi connectivity index (χ3v) is 1.87. The SMILES string of the molecule is NOCc1cn(-c2cccc(O)c2)nn1. The largest absolute Gasteiger partial charge is 0.508 e. The molecule has 1 aromatic carbocycles. The molecule has 0 saturated heterocycles. The molecule has 6 nitrogen and oxygen atoms in total. The molecule has 2 rings (SSSR count). The molecule has 0 bridgehead atoms. The molecule has 0 spiro atoms. The topological polar surface area (TPSA) is 86.2 Å². The second-order valence-electron chi connectivity index (χ2n) is 2.99. The number of aromatic hydroxyl groups is 1. The number of hydrogen-bond donors (Lipinski definition) is 2. The average Bonchev–Trinajstić information content (AvgIpc) is 2.67. The first-order valence-corrected chi connectivity index (χ1v) is 4.32. The van der Waals surface area contributed by atoms with Crippen molar-refractivity contribution in [2.75, 3.05) is 0 Å². The van der Waals surface area contributed by atoms with E-state index in [1.54, 1.807) is 24.4 Å². The summed E-state index contributed by atoms with van der Waals surface area (Å²) in [6.45, 7) is 0.207. The van der Waals surface area contributed by atoms with Crippen LogP contribution in [0.25, 0.3) is 5.69 Å². The number of benzene rings is 1. The van der Waals surface area contributed by atoms with Crippen LogP contribution in [0.5, 0.6) is 5.75 Å². The Bertz CT molecular complexity index is 455. The van der Waals surface area contributed by atoms with Gasteiger partial charge < -0.3 is 5.11 Å². The zero-order valence-electron chi connectivity index (χ0n) is 7.87. The Morgan fingerprint density at radius 2 is 2.33 bits per heavy atom. The van der Waals surface area contributed by atoms with E-state index in [1.807, 2.05) is 6.07 Å². The van der Waals surface area contributed by atoms with Crippen molar-refractivity contribution in [1.29, 1.82) is 0 Å². The minimum atomic E-state index is 0.180. The van der Waals surface area contributed by atoms with Crippen LogP contribution >= 0.6 is 0 Å². The molecule has 15 heavy (non-hydrogen) atoms. The van der Waals surface area contributed by atoms with Crippen LogP contribution in [-0.2, 0) is 11.4 Å². The monoisotopic (exact) mass is 206 g/mol. The molecule has 3 N–H and O–H groups in total. The Kier molecular flexibility index (Phi) is 2.61. The first kappa shape index (κ1) is 9.63. The average molecular weight is 206 g/mol. The van der Waals surface area contributed by atoms with Gasteiger partial charge in [0.25, 0.3) is 0 Å². The van der Waals surface area contributed by atoms with Gasteiger partial charge in [0.2, 0.25) is 0 Å². The fourth-order valence-electron chi connectivity index (χ4n) is 1.21. The van der Waals surface area contributed by atoms with Gasteiger partial charge in [-0.15, -0.1) is 5.10 Å². The molecule has 0 atom stereocenters. The van der Waals surface area contributed by atoms with Crippen LogP contribution in [0.2, 0.25) is 0 Å². The molecule has 1 aromatic heterocycles. The molecule has 0 unspecified atom stereocenters. The van der Waals surface area contributed by atoms with E-state index in [-0.39, 0.29) is 12.4 Å². The Hall–Kier alpha value is -1.92. The zero-order valence-corrected chi connectivity index (χ0v) is 7.87. The summed E-state index contributed by atoms with van der Waals surface area (Å²) in [6.07, 6.45) is 1.68. The summed E-state index contributed by atoms with van der Waals surface area (Å²) in [4.78, 5) is 4.44. The van der Waals surface area contributed by atoms with Crippen molar-refractivity contribution in [2.45, 2.75) is 6.61 Å². The standard InChI is InChI=1S/C9H10N4O2/c10-15-6-7-5-13(12-11-7)8-2-1-3-9(14)4-8/h1-5,14H,6,10H2. The van der Waals surface area contributed by atoms with Gasteiger partial charge in [0.1, 0.15) is 18.1 Å². The molecule has 0 saturated carbocycles. The van der Waals surface area contributed by atoms with Gasteiger partial charge in [-0.1, -0.05) is 11.3 Å². The summed E-state index contributed by atoms with van der Waals surface area (Å²) < 4.78 is 1.54. The van der Waals surface area contributed by atoms with E-state index < -0.39 is 0 Å². The molecule has 6 heteroatoms. The molecule has 0 aliphatic heterocycles. The van der Waals surface area contributed by atoms with Crippen LogP contribution in [0.3, 0.4) is 0 Å². The summed E-state index contributed by atoms with van der Waals surface area (Å²) >= 11 is 0. The molecule has 0 radical (unpaired) electrons. The van der Waals surface area contributed by atoms with Crippen molar-refractivity contribution in [3.63, 3.8) is 0 Å². The smallest absolute Gasteiger partial charge is 0.117 e. The number of phenolic OH excluding ortho intramolecular Hbond substituents is 1. The summed E-state index contributed by atoms with van der Waals surface area (Å²) in [5, 5.41) is 17.0. The van der Waals surface area contributed by atoms with Gasteiger partial charge in [-0.25, -0.2) is 10.6 Å². The summed E-state index contributed by atoms with van der Waals surface area (Å²) in [6, 6.07) is 6.71. The lowest BCUT2D eigenvalue weighted by Gasteiger charge is -1.99. The Morgan fingerprint density at radius 3 is 3.07 bits per heavy atom. The summed E-state index contributed by atoms with van der Waals surface area (Å²) in [5.74, 6) is 5.10. The first-order valence-electron chi connectivity index (χ1n) is 4.32. The van der Waals surface area contributed by atoms with E-state index in [9.17, 15) is 5.11 Å². The van der Waals surface area contributed by atoms with Gasteiger partial charge in [-0.2, -0.15) is 0 Å². The predicted molar refractivity (Wildman–Crippen MR) is 52.0 cm³/mol. The Balaban J connectivity index is 2.29. The molecule has 1 heterocycles. The van der Waals surface area contributed by atoms with Crippen LogP contribution in [-0.4, -0.2) is 20.1 Å². The normalized spacial score (nSPS) is 10.5. The first-order chi connectivity index (χ1) is 7.29. The number of hydrogen-bond acceptors (Lipinski definition) is 5. The van der Waals surface area contributed by atoms with E-state index in [0.29, 0.717) is 5.69 Å². The quantitative estimate of drug-likeness (QED) is 0.708. The lowest BCUT2D eigenvalue weighted by atomic mass is 10.3. The number of nitrogens with zero attached hydrogens (tertiary/aromatic N) is 3. The fraction of sp³-hybridized carbons (Fsp3) is 0.111. The Morgan fingerprint density at radius 1 is 1.47 bits per heavy atom. The maximum atomic E-state index is 9.28. The second kappa shape index (κ2) is 4.07. The lowest BCUT2D eigenvalue weighted by molar-refractivity contribution is 0.121. The van der Waals surface area contributed by atoms with E-state index in [2.05, 4.69) is 15.1 Å². The maximum absolute atomic E-state index is 9.28. The van der Waals surface area contributed by atoms with Crippen molar-refractivity contribution in [1.82, 2.24) is 15.0 Å². The van der Waals surface area contributed by atoms with Crippen molar-refractivity contribution >= 4 is 0 Å². The number of phenols is 1. The predicted octanol–water partition coefficient (Wildman–Crippen LogP) is 0.363. The highest BCUT2D eigenvalue weighted by Crippen LogP contribution is 2.14. The van der Waals surface area contributed by atoms with E-state index in [0.717, 1.165) is 5.69 Å². The van der Waals surface area contributed by atoms with Crippen molar-refractivity contribution in [3.05, 3.63) is 36.2 Å². The van der Waals surface area contributed by atoms with Gasteiger partial charge in [-0.05, 0) is 12.1 Å². The van der Waals surface area contributed by atoms with E-state index in [4.69, 9.17) is 5.90 Å². The van der Waals surface area contributed by atoms with Gasteiger partial charge >= 0.3 is 0 Å². The van der Waals surface area contributed by atoms with Crippen molar-refractivity contribution < 1.29 is 9.94 Å². The van der Waals surface area contributed by atoms with E-state index >= 15 is 0 Å². The van der Waals surface area contributed by atoms with Crippen LogP contribution in [0.4, 0.5) is 0 Å². The van der Waals surface area contributed by atoms with Crippen LogP contribution in [0.15, 0.2) is 30.5 Å². The van der Waals surface area contributed by atoms with Crippen LogP contribution in [0, 0.1) is 0 Å². The van der Waals surface area contributed by atoms with Crippen molar-refractivity contribution in [2.24, 2.45) is 5.90 Å². The molecule has 2 aromatic rings. The molecule has 0 aliphatic carbocycles. The molecule has 0 aliphatic rings. The van der Waals surface area contributed by atoms with Gasteiger partial charge in [0.05, 0.1) is 11.9 Å². The lowest BCUT2D eigenvalue weighted by Crippen LogP contribution is -1.98. The molecule has 78 valence electrons. The van der Waals surface area contributed by atoms with Gasteiger partial charge in [-0.3, -0.25) is 4.84 Å². The molecule has 0 amide bonds. The summed E-state index contributed by atoms with van der Waals surface area (Å²) in [5.41, 5.74) is 1.35. The van der Waals surface area contributed by atoms with Crippen LogP contribution in [0.1, 0.15) is 5.69 Å². The number of rotatable bonds is 3. The van der Waals surface area contributed by atoms with Gasteiger partial charge in [0.15, 0.2) is 0 Å². The Labute approximate surface area is 85.9 Å². The second-order valence-corrected chi connectivity index (χ2v) is 2.99. The minimum Gasteiger partial charge on any atom is -0.508 e. The minimum absolute atomic E-state index is 0.180. The highest BCUT2D eigenvalue weighted by atomic mass is 16.6. The van der Waals surface area contributed by atoms with Crippen LogP contribution < -0.4 is 5.90 Å². The fourth-order valence-corrected chi connectivity index (χ4v) is 1.21. The number of aromatic nitrogens is 3. The highest BCUT2D eigenvalue weighted by Gasteiger charge is 2.02. The highest BCUT2D eigenvalue weighted by molar-refractivity contribution is 5.37.